The first-order valence-corrected chi connectivity index (χ1v) is 9.44. The van der Waals surface area contributed by atoms with Crippen LogP contribution in [0.25, 0.3) is 17.2 Å². The molecule has 3 aromatic heterocycles. The minimum Gasteiger partial charge on any atom is -0.354 e. The molecule has 1 unspecified atom stereocenters. The van der Waals surface area contributed by atoms with Crippen molar-refractivity contribution in [3.05, 3.63) is 41.7 Å². The first-order valence-electron chi connectivity index (χ1n) is 9.44. The minimum atomic E-state index is -0.0787. The largest absolute Gasteiger partial charge is 0.354 e. The Balaban J connectivity index is 1.36. The van der Waals surface area contributed by atoms with Crippen molar-refractivity contribution in [3.63, 3.8) is 0 Å². The molecule has 4 rings (SSSR count). The van der Waals surface area contributed by atoms with Gasteiger partial charge in [0, 0.05) is 30.4 Å². The highest BCUT2D eigenvalue weighted by Crippen LogP contribution is 2.17. The highest BCUT2D eigenvalue weighted by atomic mass is 16.5. The van der Waals surface area contributed by atoms with Gasteiger partial charge in [-0.3, -0.25) is 4.79 Å². The third-order valence-corrected chi connectivity index (χ3v) is 4.72. The molecule has 1 atom stereocenters. The van der Waals surface area contributed by atoms with Gasteiger partial charge >= 0.3 is 0 Å². The fourth-order valence-corrected chi connectivity index (χ4v) is 3.30. The molecule has 146 valence electrons. The predicted octanol–water partition coefficient (Wildman–Crippen LogP) is 1.34. The van der Waals surface area contributed by atoms with Crippen LogP contribution >= 0.6 is 0 Å². The lowest BCUT2D eigenvalue weighted by atomic mass is 10.2. The maximum Gasteiger partial charge on any atom is 0.237 e. The van der Waals surface area contributed by atoms with E-state index >= 15 is 0 Å². The van der Waals surface area contributed by atoms with E-state index in [9.17, 15) is 4.79 Å². The van der Waals surface area contributed by atoms with Crippen LogP contribution in [0.1, 0.15) is 30.1 Å². The van der Waals surface area contributed by atoms with Gasteiger partial charge in [-0.2, -0.15) is 10.1 Å². The zero-order valence-corrected chi connectivity index (χ0v) is 16.0. The lowest BCUT2D eigenvalue weighted by molar-refractivity contribution is -0.122. The number of aromatic nitrogens is 5. The average Bonchev–Trinajstić information content (AvgIpc) is 3.43. The molecule has 1 fully saturated rings. The summed E-state index contributed by atoms with van der Waals surface area (Å²) >= 11 is 0. The van der Waals surface area contributed by atoms with Crippen LogP contribution in [-0.4, -0.2) is 49.9 Å². The number of carbonyl (C=O) groups is 1. The Morgan fingerprint density at radius 2 is 2.29 bits per heavy atom. The van der Waals surface area contributed by atoms with Crippen molar-refractivity contribution >= 4 is 5.91 Å². The van der Waals surface area contributed by atoms with Crippen molar-refractivity contribution in [2.24, 2.45) is 0 Å². The Labute approximate surface area is 162 Å². The van der Waals surface area contributed by atoms with Crippen molar-refractivity contribution in [2.45, 2.75) is 39.2 Å². The summed E-state index contributed by atoms with van der Waals surface area (Å²) in [6.45, 7) is 5.30. The molecular formula is C19H23N7O2. The molecule has 0 saturated carbocycles. The van der Waals surface area contributed by atoms with Gasteiger partial charge in [0.25, 0.3) is 0 Å². The standard InChI is InChI=1S/C19H23N7O2/c1-12-10-13(2)26(24-12)16-6-5-14(11-22-16)18-23-17(28-25-18)7-9-21-19(27)15-4-3-8-20-15/h5-6,10-11,15,20H,3-4,7-9H2,1-2H3,(H,21,27). The van der Waals surface area contributed by atoms with Crippen LogP contribution < -0.4 is 10.6 Å². The van der Waals surface area contributed by atoms with Gasteiger partial charge in [-0.05, 0) is 51.4 Å². The van der Waals surface area contributed by atoms with E-state index in [1.54, 1.807) is 10.9 Å². The fourth-order valence-electron chi connectivity index (χ4n) is 3.30. The zero-order chi connectivity index (χ0) is 19.5. The molecule has 0 aliphatic carbocycles. The van der Waals surface area contributed by atoms with Crippen molar-refractivity contribution in [2.75, 3.05) is 13.1 Å². The van der Waals surface area contributed by atoms with Crippen molar-refractivity contribution < 1.29 is 9.32 Å². The van der Waals surface area contributed by atoms with E-state index in [4.69, 9.17) is 4.52 Å². The summed E-state index contributed by atoms with van der Waals surface area (Å²) in [4.78, 5) is 20.8. The monoisotopic (exact) mass is 381 g/mol. The molecule has 0 aromatic carbocycles. The van der Waals surface area contributed by atoms with Gasteiger partial charge in [-0.1, -0.05) is 5.16 Å². The summed E-state index contributed by atoms with van der Waals surface area (Å²) in [6.07, 6.45) is 4.12. The number of nitrogens with one attached hydrogen (secondary N) is 2. The van der Waals surface area contributed by atoms with Crippen molar-refractivity contribution in [1.29, 1.82) is 0 Å². The summed E-state index contributed by atoms with van der Waals surface area (Å²) in [7, 11) is 0. The number of hydrogen-bond acceptors (Lipinski definition) is 7. The average molecular weight is 381 g/mol. The minimum absolute atomic E-state index is 0.0289. The van der Waals surface area contributed by atoms with Gasteiger partial charge in [-0.25, -0.2) is 9.67 Å². The molecule has 3 aromatic rings. The van der Waals surface area contributed by atoms with E-state index < -0.39 is 0 Å². The molecule has 1 amide bonds. The summed E-state index contributed by atoms with van der Waals surface area (Å²) in [5.74, 6) is 1.73. The lowest BCUT2D eigenvalue weighted by Gasteiger charge is -2.09. The first-order chi connectivity index (χ1) is 13.6. The van der Waals surface area contributed by atoms with Crippen LogP contribution in [0.4, 0.5) is 0 Å². The van der Waals surface area contributed by atoms with E-state index in [0.717, 1.165) is 42.2 Å². The fraction of sp³-hybridized carbons (Fsp3) is 0.421. The Hall–Kier alpha value is -3.07. The second-order valence-corrected chi connectivity index (χ2v) is 6.95. The number of pyridine rings is 1. The maximum absolute atomic E-state index is 12.0. The van der Waals surface area contributed by atoms with Gasteiger partial charge in [0.1, 0.15) is 0 Å². The summed E-state index contributed by atoms with van der Waals surface area (Å²) < 4.78 is 7.08. The third kappa shape index (κ3) is 3.94. The first kappa shape index (κ1) is 18.3. The quantitative estimate of drug-likeness (QED) is 0.663. The third-order valence-electron chi connectivity index (χ3n) is 4.72. The number of carbonyl (C=O) groups excluding carboxylic acids is 1. The Morgan fingerprint density at radius 3 is 2.96 bits per heavy atom. The van der Waals surface area contributed by atoms with Crippen LogP contribution in [0, 0.1) is 13.8 Å². The number of nitrogens with zero attached hydrogens (tertiary/aromatic N) is 5. The molecule has 1 aliphatic heterocycles. The molecule has 9 nitrogen and oxygen atoms in total. The molecule has 2 N–H and O–H groups in total. The van der Waals surface area contributed by atoms with E-state index in [-0.39, 0.29) is 11.9 Å². The molecule has 0 radical (unpaired) electrons. The van der Waals surface area contributed by atoms with Crippen LogP contribution in [0.15, 0.2) is 28.9 Å². The van der Waals surface area contributed by atoms with Crippen LogP contribution in [0.2, 0.25) is 0 Å². The topological polar surface area (TPSA) is 111 Å². The normalized spacial score (nSPS) is 16.4. The van der Waals surface area contributed by atoms with Gasteiger partial charge < -0.3 is 15.2 Å². The number of rotatable bonds is 6. The molecule has 0 spiro atoms. The van der Waals surface area contributed by atoms with Crippen molar-refractivity contribution in [1.82, 2.24) is 35.5 Å². The highest BCUT2D eigenvalue weighted by Gasteiger charge is 2.21. The molecule has 1 saturated heterocycles. The van der Waals surface area contributed by atoms with Gasteiger partial charge in [0.2, 0.25) is 17.6 Å². The van der Waals surface area contributed by atoms with Crippen LogP contribution in [0.5, 0.6) is 0 Å². The number of hydrogen-bond donors (Lipinski definition) is 2. The molecular weight excluding hydrogens is 358 g/mol. The van der Waals surface area contributed by atoms with Gasteiger partial charge in [0.15, 0.2) is 5.82 Å². The molecule has 9 heteroatoms. The van der Waals surface area contributed by atoms with E-state index in [1.807, 2.05) is 32.0 Å². The smallest absolute Gasteiger partial charge is 0.237 e. The number of aryl methyl sites for hydroxylation is 2. The second kappa shape index (κ2) is 7.89. The lowest BCUT2D eigenvalue weighted by Crippen LogP contribution is -2.41. The maximum atomic E-state index is 12.0. The highest BCUT2D eigenvalue weighted by molar-refractivity contribution is 5.81. The van der Waals surface area contributed by atoms with E-state index in [2.05, 4.69) is 30.9 Å². The van der Waals surface area contributed by atoms with Crippen molar-refractivity contribution in [3.8, 4) is 17.2 Å². The second-order valence-electron chi connectivity index (χ2n) is 6.95. The molecule has 4 heterocycles. The molecule has 28 heavy (non-hydrogen) atoms. The molecule has 0 bridgehead atoms. The summed E-state index contributed by atoms with van der Waals surface area (Å²) in [6, 6.07) is 5.69. The predicted molar refractivity (Wildman–Crippen MR) is 102 cm³/mol. The summed E-state index contributed by atoms with van der Waals surface area (Å²) in [5, 5.41) is 14.5. The van der Waals surface area contributed by atoms with Gasteiger partial charge in [-0.15, -0.1) is 0 Å². The SMILES string of the molecule is Cc1cc(C)n(-c2ccc(-c3noc(CCNC(=O)C4CCCN4)n3)cn2)n1. The van der Waals surface area contributed by atoms with E-state index in [1.165, 1.54) is 0 Å². The summed E-state index contributed by atoms with van der Waals surface area (Å²) in [5.41, 5.74) is 2.73. The Morgan fingerprint density at radius 1 is 1.39 bits per heavy atom. The number of amides is 1. The Kier molecular flexibility index (Phi) is 5.16. The zero-order valence-electron chi connectivity index (χ0n) is 16.0. The van der Waals surface area contributed by atoms with Gasteiger partial charge in [0.05, 0.1) is 11.7 Å². The molecule has 1 aliphatic rings. The van der Waals surface area contributed by atoms with Crippen LogP contribution in [-0.2, 0) is 11.2 Å². The van der Waals surface area contributed by atoms with E-state index in [0.29, 0.717) is 24.7 Å². The Bertz CT molecular complexity index is 955. The van der Waals surface area contributed by atoms with Crippen LogP contribution in [0.3, 0.4) is 0 Å².